The third-order valence-corrected chi connectivity index (χ3v) is 1.54. The number of terminal acetylenes is 1. The molecule has 1 atom stereocenters. The maximum Gasteiger partial charge on any atom is 0.413 e. The van der Waals surface area contributed by atoms with Crippen LogP contribution in [0.5, 0.6) is 5.75 Å². The lowest BCUT2D eigenvalue weighted by Crippen LogP contribution is -2.33. The number of ether oxygens (including phenoxy) is 1. The highest BCUT2D eigenvalue weighted by Crippen LogP contribution is 2.07. The van der Waals surface area contributed by atoms with Crippen LogP contribution in [-0.2, 0) is 0 Å². The zero-order chi connectivity index (χ0) is 10.4. The van der Waals surface area contributed by atoms with Crippen LogP contribution in [0.1, 0.15) is 6.92 Å². The molecule has 0 aliphatic heterocycles. The van der Waals surface area contributed by atoms with Gasteiger partial charge in [0.2, 0.25) is 0 Å². The van der Waals surface area contributed by atoms with Crippen molar-refractivity contribution in [3.63, 3.8) is 0 Å². The van der Waals surface area contributed by atoms with Gasteiger partial charge in [-0.2, -0.15) is 0 Å². The molecule has 1 aromatic carbocycles. The number of hydrogen-bond donors (Lipinski definition) is 1. The molecule has 1 N–H and O–H groups in total. The minimum Gasteiger partial charge on any atom is -0.410 e. The fraction of sp³-hybridized carbons (Fsp3) is 0.182. The molecule has 0 saturated heterocycles. The van der Waals surface area contributed by atoms with Crippen LogP contribution in [0.25, 0.3) is 0 Å². The van der Waals surface area contributed by atoms with Crippen molar-refractivity contribution in [2.75, 3.05) is 0 Å². The van der Waals surface area contributed by atoms with Gasteiger partial charge in [0, 0.05) is 0 Å². The normalized spacial score (nSPS) is 11.1. The van der Waals surface area contributed by atoms with Crippen molar-refractivity contribution in [3.8, 4) is 18.1 Å². The third kappa shape index (κ3) is 3.20. The summed E-state index contributed by atoms with van der Waals surface area (Å²) >= 11 is 0. The van der Waals surface area contributed by atoms with Crippen LogP contribution in [0.15, 0.2) is 30.3 Å². The molecule has 1 unspecified atom stereocenters. The summed E-state index contributed by atoms with van der Waals surface area (Å²) in [5.41, 5.74) is 0. The zero-order valence-corrected chi connectivity index (χ0v) is 7.86. The molecule has 0 heterocycles. The van der Waals surface area contributed by atoms with Gasteiger partial charge in [0.1, 0.15) is 5.75 Å². The predicted molar refractivity (Wildman–Crippen MR) is 53.9 cm³/mol. The van der Waals surface area contributed by atoms with Gasteiger partial charge >= 0.3 is 6.09 Å². The van der Waals surface area contributed by atoms with Gasteiger partial charge in [-0.15, -0.1) is 6.42 Å². The average Bonchev–Trinajstić information content (AvgIpc) is 2.19. The van der Waals surface area contributed by atoms with Crippen molar-refractivity contribution in [2.45, 2.75) is 13.0 Å². The number of hydrogen-bond acceptors (Lipinski definition) is 2. The largest absolute Gasteiger partial charge is 0.413 e. The number of nitrogens with one attached hydrogen (secondary N) is 1. The quantitative estimate of drug-likeness (QED) is 0.720. The summed E-state index contributed by atoms with van der Waals surface area (Å²) in [6.45, 7) is 1.70. The Morgan fingerprint density at radius 2 is 2.14 bits per heavy atom. The lowest BCUT2D eigenvalue weighted by Gasteiger charge is -2.07. The summed E-state index contributed by atoms with van der Waals surface area (Å²) in [4.78, 5) is 11.2. The van der Waals surface area contributed by atoms with Crippen molar-refractivity contribution >= 4 is 6.09 Å². The van der Waals surface area contributed by atoms with E-state index in [4.69, 9.17) is 11.2 Å². The van der Waals surface area contributed by atoms with Crippen LogP contribution in [0.4, 0.5) is 4.79 Å². The zero-order valence-electron chi connectivity index (χ0n) is 7.86. The first-order valence-electron chi connectivity index (χ1n) is 4.22. The van der Waals surface area contributed by atoms with Crippen LogP contribution in [0.3, 0.4) is 0 Å². The maximum absolute atomic E-state index is 11.2. The van der Waals surface area contributed by atoms with Crippen molar-refractivity contribution < 1.29 is 9.53 Å². The van der Waals surface area contributed by atoms with E-state index in [1.54, 1.807) is 31.2 Å². The van der Waals surface area contributed by atoms with Gasteiger partial charge < -0.3 is 10.1 Å². The Labute approximate surface area is 83.1 Å². The van der Waals surface area contributed by atoms with Crippen LogP contribution in [-0.4, -0.2) is 12.1 Å². The number of amides is 1. The Balaban J connectivity index is 2.47. The van der Waals surface area contributed by atoms with Crippen LogP contribution in [0.2, 0.25) is 0 Å². The fourth-order valence-electron chi connectivity index (χ4n) is 0.843. The molecule has 0 fully saturated rings. The molecule has 0 aliphatic rings. The summed E-state index contributed by atoms with van der Waals surface area (Å²) in [5.74, 6) is 2.86. The minimum atomic E-state index is -0.540. The van der Waals surface area contributed by atoms with Crippen LogP contribution in [0, 0.1) is 12.3 Å². The van der Waals surface area contributed by atoms with E-state index in [-0.39, 0.29) is 6.04 Å². The number of benzene rings is 1. The van der Waals surface area contributed by atoms with Crippen molar-refractivity contribution in [3.05, 3.63) is 30.3 Å². The van der Waals surface area contributed by atoms with Gasteiger partial charge in [0.15, 0.2) is 0 Å². The van der Waals surface area contributed by atoms with E-state index in [1.807, 2.05) is 6.07 Å². The molecule has 3 nitrogen and oxygen atoms in total. The van der Waals surface area contributed by atoms with E-state index in [1.165, 1.54) is 0 Å². The van der Waals surface area contributed by atoms with Crippen molar-refractivity contribution in [1.29, 1.82) is 0 Å². The summed E-state index contributed by atoms with van der Waals surface area (Å²) in [7, 11) is 0. The molecule has 0 spiro atoms. The number of carbonyl (C=O) groups is 1. The molecule has 1 rings (SSSR count). The fourth-order valence-corrected chi connectivity index (χ4v) is 0.843. The SMILES string of the molecule is C#CC(C)NC(=O)Oc1ccccc1. The molecule has 0 radical (unpaired) electrons. The third-order valence-electron chi connectivity index (χ3n) is 1.54. The monoisotopic (exact) mass is 189 g/mol. The van der Waals surface area contributed by atoms with Crippen molar-refractivity contribution in [2.24, 2.45) is 0 Å². The summed E-state index contributed by atoms with van der Waals surface area (Å²) in [5, 5.41) is 2.48. The van der Waals surface area contributed by atoms with Gasteiger partial charge in [0.25, 0.3) is 0 Å². The van der Waals surface area contributed by atoms with Gasteiger partial charge in [-0.3, -0.25) is 0 Å². The van der Waals surface area contributed by atoms with E-state index < -0.39 is 6.09 Å². The molecule has 1 amide bonds. The molecule has 14 heavy (non-hydrogen) atoms. The molecular weight excluding hydrogens is 178 g/mol. The van der Waals surface area contributed by atoms with E-state index in [0.29, 0.717) is 5.75 Å². The maximum atomic E-state index is 11.2. The van der Waals surface area contributed by atoms with Gasteiger partial charge in [0.05, 0.1) is 6.04 Å². The van der Waals surface area contributed by atoms with E-state index in [2.05, 4.69) is 11.2 Å². The minimum absolute atomic E-state index is 0.328. The number of para-hydroxylation sites is 1. The highest BCUT2D eigenvalue weighted by Gasteiger charge is 2.05. The Morgan fingerprint density at radius 3 is 2.71 bits per heavy atom. The second-order valence-electron chi connectivity index (χ2n) is 2.74. The second kappa shape index (κ2) is 4.93. The molecule has 0 saturated carbocycles. The first-order chi connectivity index (χ1) is 6.72. The predicted octanol–water partition coefficient (Wildman–Crippen LogP) is 1.80. The Hall–Kier alpha value is -1.95. The molecule has 3 heteroatoms. The van der Waals surface area contributed by atoms with Gasteiger partial charge in [-0.05, 0) is 19.1 Å². The highest BCUT2D eigenvalue weighted by atomic mass is 16.6. The summed E-state index contributed by atoms with van der Waals surface area (Å²) in [6, 6.07) is 8.47. The molecular formula is C11H11NO2. The Morgan fingerprint density at radius 1 is 1.50 bits per heavy atom. The first kappa shape index (κ1) is 10.1. The number of rotatable bonds is 2. The molecule has 1 aromatic rings. The van der Waals surface area contributed by atoms with Gasteiger partial charge in [-0.25, -0.2) is 4.79 Å². The summed E-state index contributed by atoms with van der Waals surface area (Å²) in [6.07, 6.45) is 4.55. The molecule has 0 aliphatic carbocycles. The average molecular weight is 189 g/mol. The highest BCUT2D eigenvalue weighted by molar-refractivity contribution is 5.71. The summed E-state index contributed by atoms with van der Waals surface area (Å²) < 4.78 is 4.94. The lowest BCUT2D eigenvalue weighted by atomic mass is 10.3. The van der Waals surface area contributed by atoms with Gasteiger partial charge in [-0.1, -0.05) is 24.1 Å². The molecule has 0 bridgehead atoms. The Bertz CT molecular complexity index is 340. The van der Waals surface area contributed by atoms with Crippen LogP contribution < -0.4 is 10.1 Å². The first-order valence-corrected chi connectivity index (χ1v) is 4.22. The second-order valence-corrected chi connectivity index (χ2v) is 2.74. The van der Waals surface area contributed by atoms with Crippen molar-refractivity contribution in [1.82, 2.24) is 5.32 Å². The standard InChI is InChI=1S/C11H11NO2/c1-3-9(2)12-11(13)14-10-7-5-4-6-8-10/h1,4-9H,2H3,(H,12,13). The smallest absolute Gasteiger partial charge is 0.410 e. The van der Waals surface area contributed by atoms with E-state index in [9.17, 15) is 4.79 Å². The van der Waals surface area contributed by atoms with E-state index >= 15 is 0 Å². The lowest BCUT2D eigenvalue weighted by molar-refractivity contribution is 0.199. The molecule has 72 valence electrons. The van der Waals surface area contributed by atoms with E-state index in [0.717, 1.165) is 0 Å². The Kier molecular flexibility index (Phi) is 3.57. The number of carbonyl (C=O) groups excluding carboxylic acids is 1. The van der Waals surface area contributed by atoms with Crippen LogP contribution >= 0.6 is 0 Å². The molecule has 0 aromatic heterocycles. The topological polar surface area (TPSA) is 38.3 Å².